The largest absolute Gasteiger partial charge is 0.481 e. The van der Waals surface area contributed by atoms with E-state index in [-0.39, 0.29) is 12.1 Å². The molecule has 0 unspecified atom stereocenters. The quantitative estimate of drug-likeness (QED) is 0.650. The van der Waals surface area contributed by atoms with Gasteiger partial charge in [0.05, 0.1) is 12.1 Å². The number of rotatable bonds is 2. The number of nitrogens with two attached hydrogens (primary N) is 1. The maximum atomic E-state index is 12.7. The third kappa shape index (κ3) is 1.72. The Balaban J connectivity index is 3.00. The molecular formula is C8H8FNO2. The molecule has 0 bridgehead atoms. The molecule has 3 N–H and O–H groups in total. The molecular weight excluding hydrogens is 161 g/mol. The Kier molecular flexibility index (Phi) is 2.28. The lowest BCUT2D eigenvalue weighted by molar-refractivity contribution is -0.136. The Bertz CT molecular complexity index is 312. The Morgan fingerprint density at radius 2 is 2.25 bits per heavy atom. The SMILES string of the molecule is Nc1c(F)cccc1CC(=O)O. The number of para-hydroxylation sites is 1. The number of anilines is 1. The molecule has 0 saturated carbocycles. The van der Waals surface area contributed by atoms with Crippen LogP contribution in [0.25, 0.3) is 0 Å². The molecule has 0 aromatic heterocycles. The first kappa shape index (κ1) is 8.52. The molecule has 0 aliphatic carbocycles. The molecule has 1 aromatic rings. The average molecular weight is 169 g/mol. The van der Waals surface area contributed by atoms with Crippen molar-refractivity contribution < 1.29 is 14.3 Å². The molecule has 4 heteroatoms. The number of benzene rings is 1. The number of halogens is 1. The first-order valence-electron chi connectivity index (χ1n) is 3.36. The summed E-state index contributed by atoms with van der Waals surface area (Å²) < 4.78 is 12.7. The van der Waals surface area contributed by atoms with E-state index in [0.717, 1.165) is 0 Å². The molecule has 0 aliphatic heterocycles. The van der Waals surface area contributed by atoms with Crippen molar-refractivity contribution in [2.24, 2.45) is 0 Å². The maximum absolute atomic E-state index is 12.7. The molecule has 0 heterocycles. The van der Waals surface area contributed by atoms with Gasteiger partial charge in [0.25, 0.3) is 0 Å². The molecule has 3 nitrogen and oxygen atoms in total. The lowest BCUT2D eigenvalue weighted by Gasteiger charge is -2.02. The van der Waals surface area contributed by atoms with Gasteiger partial charge < -0.3 is 10.8 Å². The van der Waals surface area contributed by atoms with Crippen LogP contribution < -0.4 is 5.73 Å². The zero-order valence-electron chi connectivity index (χ0n) is 6.25. The second kappa shape index (κ2) is 3.21. The van der Waals surface area contributed by atoms with E-state index in [0.29, 0.717) is 5.56 Å². The Hall–Kier alpha value is -1.58. The van der Waals surface area contributed by atoms with Crippen LogP contribution in [-0.4, -0.2) is 11.1 Å². The molecule has 1 rings (SSSR count). The molecule has 0 saturated heterocycles. The van der Waals surface area contributed by atoms with Crippen LogP contribution in [0.1, 0.15) is 5.56 Å². The normalized spacial score (nSPS) is 9.75. The van der Waals surface area contributed by atoms with E-state index in [1.54, 1.807) is 0 Å². The highest BCUT2D eigenvalue weighted by Gasteiger charge is 2.07. The van der Waals surface area contributed by atoms with Crippen LogP contribution in [-0.2, 0) is 11.2 Å². The standard InChI is InChI=1S/C8H8FNO2/c9-6-3-1-2-5(8(6)10)4-7(11)12/h1-3H,4,10H2,(H,11,12). The molecule has 12 heavy (non-hydrogen) atoms. The highest BCUT2D eigenvalue weighted by atomic mass is 19.1. The lowest BCUT2D eigenvalue weighted by Crippen LogP contribution is -2.04. The first-order chi connectivity index (χ1) is 5.61. The number of carboxylic acids is 1. The van der Waals surface area contributed by atoms with E-state index < -0.39 is 11.8 Å². The highest BCUT2D eigenvalue weighted by molar-refractivity contribution is 5.72. The molecule has 0 spiro atoms. The van der Waals surface area contributed by atoms with Gasteiger partial charge in [-0.15, -0.1) is 0 Å². The minimum atomic E-state index is -1.02. The number of hydrogen-bond donors (Lipinski definition) is 2. The smallest absolute Gasteiger partial charge is 0.307 e. The fraction of sp³-hybridized carbons (Fsp3) is 0.125. The minimum absolute atomic E-state index is 0.0834. The topological polar surface area (TPSA) is 63.3 Å². The van der Waals surface area contributed by atoms with Crippen molar-refractivity contribution in [2.75, 3.05) is 5.73 Å². The zero-order chi connectivity index (χ0) is 9.14. The van der Waals surface area contributed by atoms with E-state index in [1.807, 2.05) is 0 Å². The van der Waals surface area contributed by atoms with Gasteiger partial charge in [-0.2, -0.15) is 0 Å². The maximum Gasteiger partial charge on any atom is 0.307 e. The summed E-state index contributed by atoms with van der Waals surface area (Å²) >= 11 is 0. The van der Waals surface area contributed by atoms with Crippen molar-refractivity contribution >= 4 is 11.7 Å². The summed E-state index contributed by atoms with van der Waals surface area (Å²) in [5.74, 6) is -1.60. The van der Waals surface area contributed by atoms with Gasteiger partial charge in [-0.3, -0.25) is 4.79 Å². The van der Waals surface area contributed by atoms with Gasteiger partial charge in [0.2, 0.25) is 0 Å². The van der Waals surface area contributed by atoms with Crippen molar-refractivity contribution in [3.05, 3.63) is 29.6 Å². The lowest BCUT2D eigenvalue weighted by atomic mass is 10.1. The molecule has 0 aliphatic rings. The van der Waals surface area contributed by atoms with Crippen LogP contribution in [0.3, 0.4) is 0 Å². The first-order valence-corrected chi connectivity index (χ1v) is 3.36. The Morgan fingerprint density at radius 1 is 1.58 bits per heavy atom. The summed E-state index contributed by atoms with van der Waals surface area (Å²) in [6, 6.07) is 4.12. The van der Waals surface area contributed by atoms with Crippen molar-refractivity contribution in [1.82, 2.24) is 0 Å². The van der Waals surface area contributed by atoms with Gasteiger partial charge in [-0.25, -0.2) is 4.39 Å². The monoisotopic (exact) mass is 169 g/mol. The summed E-state index contributed by atoms with van der Waals surface area (Å²) in [5.41, 5.74) is 5.52. The second-order valence-corrected chi connectivity index (χ2v) is 2.38. The molecule has 0 fully saturated rings. The van der Waals surface area contributed by atoms with Crippen molar-refractivity contribution in [2.45, 2.75) is 6.42 Å². The second-order valence-electron chi connectivity index (χ2n) is 2.38. The van der Waals surface area contributed by atoms with Gasteiger partial charge in [-0.1, -0.05) is 12.1 Å². The van der Waals surface area contributed by atoms with Gasteiger partial charge in [0.1, 0.15) is 5.82 Å². The minimum Gasteiger partial charge on any atom is -0.481 e. The van der Waals surface area contributed by atoms with E-state index >= 15 is 0 Å². The summed E-state index contributed by atoms with van der Waals surface area (Å²) in [6.07, 6.45) is -0.246. The predicted molar refractivity (Wildman–Crippen MR) is 42.2 cm³/mol. The van der Waals surface area contributed by atoms with E-state index in [4.69, 9.17) is 10.8 Å². The third-order valence-electron chi connectivity index (χ3n) is 1.48. The Morgan fingerprint density at radius 3 is 2.83 bits per heavy atom. The van der Waals surface area contributed by atoms with Crippen LogP contribution in [0.4, 0.5) is 10.1 Å². The van der Waals surface area contributed by atoms with Crippen LogP contribution >= 0.6 is 0 Å². The van der Waals surface area contributed by atoms with Crippen LogP contribution in [0.2, 0.25) is 0 Å². The summed E-state index contributed by atoms with van der Waals surface area (Å²) in [6.45, 7) is 0. The molecule has 1 aromatic carbocycles. The number of carbonyl (C=O) groups is 1. The fourth-order valence-corrected chi connectivity index (χ4v) is 0.899. The average Bonchev–Trinajstić information content (AvgIpc) is 1.98. The zero-order valence-corrected chi connectivity index (χ0v) is 6.25. The summed E-state index contributed by atoms with van der Waals surface area (Å²) in [4.78, 5) is 10.3. The third-order valence-corrected chi connectivity index (χ3v) is 1.48. The van der Waals surface area contributed by atoms with E-state index in [9.17, 15) is 9.18 Å². The van der Waals surface area contributed by atoms with Crippen LogP contribution in [0.5, 0.6) is 0 Å². The van der Waals surface area contributed by atoms with Crippen molar-refractivity contribution in [1.29, 1.82) is 0 Å². The van der Waals surface area contributed by atoms with Gasteiger partial charge in [-0.05, 0) is 11.6 Å². The molecule has 0 amide bonds. The number of nitrogen functional groups attached to an aromatic ring is 1. The predicted octanol–water partition coefficient (Wildman–Crippen LogP) is 1.04. The Labute approximate surface area is 68.6 Å². The summed E-state index contributed by atoms with van der Waals surface area (Å²) in [7, 11) is 0. The van der Waals surface area contributed by atoms with Crippen LogP contribution in [0.15, 0.2) is 18.2 Å². The van der Waals surface area contributed by atoms with Crippen molar-refractivity contribution in [3.8, 4) is 0 Å². The van der Waals surface area contributed by atoms with E-state index in [2.05, 4.69) is 0 Å². The van der Waals surface area contributed by atoms with E-state index in [1.165, 1.54) is 18.2 Å². The fourth-order valence-electron chi connectivity index (χ4n) is 0.899. The summed E-state index contributed by atoms with van der Waals surface area (Å²) in [5, 5.41) is 8.40. The van der Waals surface area contributed by atoms with Crippen LogP contribution in [0, 0.1) is 5.82 Å². The molecule has 0 atom stereocenters. The number of hydrogen-bond acceptors (Lipinski definition) is 2. The molecule has 0 radical (unpaired) electrons. The van der Waals surface area contributed by atoms with Gasteiger partial charge in [0, 0.05) is 0 Å². The molecule has 64 valence electrons. The van der Waals surface area contributed by atoms with Gasteiger partial charge >= 0.3 is 5.97 Å². The number of aliphatic carboxylic acids is 1. The number of carboxylic acid groups (broad SMARTS) is 1. The highest BCUT2D eigenvalue weighted by Crippen LogP contribution is 2.15. The van der Waals surface area contributed by atoms with Gasteiger partial charge in [0.15, 0.2) is 0 Å². The van der Waals surface area contributed by atoms with Crippen molar-refractivity contribution in [3.63, 3.8) is 0 Å².